The minimum absolute atomic E-state index is 0.00986. The van der Waals surface area contributed by atoms with Crippen molar-refractivity contribution in [1.82, 2.24) is 5.32 Å². The Balaban J connectivity index is 1.57. The molecule has 0 aromatic carbocycles. The number of rotatable bonds is 2. The molecule has 1 N–H and O–H groups in total. The zero-order valence-electron chi connectivity index (χ0n) is 9.70. The van der Waals surface area contributed by atoms with Gasteiger partial charge in [-0.3, -0.25) is 4.79 Å². The predicted octanol–water partition coefficient (Wildman–Crippen LogP) is 0.707. The number of carbonyl (C=O) groups is 1. The highest BCUT2D eigenvalue weighted by Gasteiger charge is 2.60. The van der Waals surface area contributed by atoms with Crippen molar-refractivity contribution in [2.24, 2.45) is 11.3 Å². The van der Waals surface area contributed by atoms with Crippen molar-refractivity contribution >= 4 is 5.97 Å². The summed E-state index contributed by atoms with van der Waals surface area (Å²) in [5.41, 5.74) is 0.160. The van der Waals surface area contributed by atoms with Gasteiger partial charge in [-0.25, -0.2) is 0 Å². The van der Waals surface area contributed by atoms with Crippen molar-refractivity contribution < 1.29 is 14.3 Å². The van der Waals surface area contributed by atoms with Crippen LogP contribution in [-0.4, -0.2) is 37.9 Å². The maximum absolute atomic E-state index is 12.1. The Labute approximate surface area is 95.7 Å². The number of esters is 1. The molecule has 3 saturated heterocycles. The number of nitrogens with one attached hydrogen (secondary N) is 1. The van der Waals surface area contributed by atoms with Gasteiger partial charge in [0, 0.05) is 25.4 Å². The zero-order valence-corrected chi connectivity index (χ0v) is 9.70. The number of hydrogen-bond donors (Lipinski definition) is 1. The molecular formula is C12H19NO3. The van der Waals surface area contributed by atoms with E-state index in [-0.39, 0.29) is 23.4 Å². The summed E-state index contributed by atoms with van der Waals surface area (Å²) in [4.78, 5) is 12.1. The molecule has 1 aliphatic carbocycles. The van der Waals surface area contributed by atoms with E-state index >= 15 is 0 Å². The van der Waals surface area contributed by atoms with Crippen molar-refractivity contribution in [3.8, 4) is 0 Å². The third-order valence-electron chi connectivity index (χ3n) is 4.31. The molecule has 0 spiro atoms. The van der Waals surface area contributed by atoms with Gasteiger partial charge in [-0.2, -0.15) is 0 Å². The molecule has 3 unspecified atom stereocenters. The van der Waals surface area contributed by atoms with E-state index in [2.05, 4.69) is 12.2 Å². The average molecular weight is 225 g/mol. The Hall–Kier alpha value is -0.610. The maximum Gasteiger partial charge on any atom is 0.311 e. The normalized spacial score (nSPS) is 42.8. The van der Waals surface area contributed by atoms with Gasteiger partial charge in [0.2, 0.25) is 0 Å². The number of carbonyl (C=O) groups excluding carboxylic acids is 1. The first-order valence-corrected chi connectivity index (χ1v) is 6.21. The van der Waals surface area contributed by atoms with Crippen LogP contribution in [0.2, 0.25) is 0 Å². The van der Waals surface area contributed by atoms with E-state index in [1.807, 2.05) is 0 Å². The first-order chi connectivity index (χ1) is 7.69. The second-order valence-electron chi connectivity index (χ2n) is 5.57. The quantitative estimate of drug-likeness (QED) is 0.703. The first-order valence-electron chi connectivity index (χ1n) is 6.21. The van der Waals surface area contributed by atoms with Crippen LogP contribution in [0.25, 0.3) is 0 Å². The summed E-state index contributed by atoms with van der Waals surface area (Å²) >= 11 is 0. The molecule has 0 aromatic rings. The number of fused-ring (bicyclic) bond motifs is 1. The van der Waals surface area contributed by atoms with E-state index in [1.165, 1.54) is 0 Å². The van der Waals surface area contributed by atoms with Crippen molar-refractivity contribution in [2.75, 3.05) is 19.8 Å². The maximum atomic E-state index is 12.1. The molecule has 3 aliphatic heterocycles. The lowest BCUT2D eigenvalue weighted by Gasteiger charge is -2.42. The van der Waals surface area contributed by atoms with Crippen molar-refractivity contribution in [3.63, 3.8) is 0 Å². The SMILES string of the molecule is CC12CNC(C1)C2C(=O)OC1CCOCC1. The van der Waals surface area contributed by atoms with E-state index in [9.17, 15) is 4.79 Å². The molecule has 4 fully saturated rings. The zero-order chi connectivity index (χ0) is 11.2. The molecule has 3 atom stereocenters. The van der Waals surface area contributed by atoms with Gasteiger partial charge in [0.25, 0.3) is 0 Å². The van der Waals surface area contributed by atoms with E-state index in [4.69, 9.17) is 9.47 Å². The van der Waals surface area contributed by atoms with Gasteiger partial charge in [-0.1, -0.05) is 6.92 Å². The molecule has 4 rings (SSSR count). The van der Waals surface area contributed by atoms with Gasteiger partial charge in [0.15, 0.2) is 0 Å². The molecule has 4 aliphatic rings. The van der Waals surface area contributed by atoms with Crippen LogP contribution in [0, 0.1) is 11.3 Å². The van der Waals surface area contributed by atoms with Gasteiger partial charge < -0.3 is 14.8 Å². The molecule has 16 heavy (non-hydrogen) atoms. The van der Waals surface area contributed by atoms with E-state index in [0.29, 0.717) is 6.04 Å². The Morgan fingerprint density at radius 3 is 2.75 bits per heavy atom. The standard InChI is InChI=1S/C12H19NO3/c1-12-6-9(13-7-12)10(12)11(14)16-8-2-4-15-5-3-8/h8-10,13H,2-7H2,1H3. The highest BCUT2D eigenvalue weighted by Crippen LogP contribution is 2.51. The molecule has 0 aromatic heterocycles. The van der Waals surface area contributed by atoms with Gasteiger partial charge in [0.05, 0.1) is 19.1 Å². The third-order valence-corrected chi connectivity index (χ3v) is 4.31. The van der Waals surface area contributed by atoms with Crippen LogP contribution in [0.15, 0.2) is 0 Å². The summed E-state index contributed by atoms with van der Waals surface area (Å²) in [6, 6.07) is 0.373. The highest BCUT2D eigenvalue weighted by molar-refractivity contribution is 5.76. The molecule has 1 saturated carbocycles. The van der Waals surface area contributed by atoms with Crippen LogP contribution in [0.5, 0.6) is 0 Å². The second-order valence-corrected chi connectivity index (χ2v) is 5.57. The Morgan fingerprint density at radius 2 is 2.19 bits per heavy atom. The van der Waals surface area contributed by atoms with Crippen LogP contribution in [0.3, 0.4) is 0 Å². The summed E-state index contributed by atoms with van der Waals surface area (Å²) in [5, 5.41) is 3.38. The molecule has 2 bridgehead atoms. The fourth-order valence-electron chi connectivity index (χ4n) is 3.29. The third kappa shape index (κ3) is 1.55. The lowest BCUT2D eigenvalue weighted by molar-refractivity contribution is -0.167. The minimum atomic E-state index is 0.00986. The Bertz CT molecular complexity index is 297. The molecular weight excluding hydrogens is 206 g/mol. The van der Waals surface area contributed by atoms with Crippen LogP contribution in [0.4, 0.5) is 0 Å². The van der Waals surface area contributed by atoms with Crippen molar-refractivity contribution in [1.29, 1.82) is 0 Å². The van der Waals surface area contributed by atoms with Crippen LogP contribution in [0.1, 0.15) is 26.2 Å². The van der Waals surface area contributed by atoms with Gasteiger partial charge in [-0.15, -0.1) is 0 Å². The predicted molar refractivity (Wildman–Crippen MR) is 57.9 cm³/mol. The lowest BCUT2D eigenvalue weighted by Crippen LogP contribution is -2.50. The van der Waals surface area contributed by atoms with Crippen LogP contribution in [-0.2, 0) is 14.3 Å². The summed E-state index contributed by atoms with van der Waals surface area (Å²) < 4.78 is 10.8. The summed E-state index contributed by atoms with van der Waals surface area (Å²) in [5.74, 6) is 0.103. The molecule has 0 radical (unpaired) electrons. The minimum Gasteiger partial charge on any atom is -0.462 e. The summed E-state index contributed by atoms with van der Waals surface area (Å²) in [6.07, 6.45) is 2.92. The van der Waals surface area contributed by atoms with E-state index < -0.39 is 0 Å². The fraction of sp³-hybridized carbons (Fsp3) is 0.917. The molecule has 0 amide bonds. The number of ether oxygens (including phenoxy) is 2. The van der Waals surface area contributed by atoms with Crippen molar-refractivity contribution in [2.45, 2.75) is 38.3 Å². The summed E-state index contributed by atoms with van der Waals surface area (Å²) in [7, 11) is 0. The molecule has 90 valence electrons. The van der Waals surface area contributed by atoms with E-state index in [1.54, 1.807) is 0 Å². The average Bonchev–Trinajstić information content (AvgIpc) is 2.76. The second kappa shape index (κ2) is 3.70. The van der Waals surface area contributed by atoms with Crippen LogP contribution >= 0.6 is 0 Å². The summed E-state index contributed by atoms with van der Waals surface area (Å²) in [6.45, 7) is 4.59. The molecule has 4 nitrogen and oxygen atoms in total. The van der Waals surface area contributed by atoms with Crippen molar-refractivity contribution in [3.05, 3.63) is 0 Å². The largest absolute Gasteiger partial charge is 0.462 e. The van der Waals surface area contributed by atoms with Gasteiger partial charge in [0.1, 0.15) is 6.10 Å². The lowest BCUT2D eigenvalue weighted by atomic mass is 9.62. The molecule has 4 heteroatoms. The fourth-order valence-corrected chi connectivity index (χ4v) is 3.29. The Morgan fingerprint density at radius 1 is 1.44 bits per heavy atom. The topological polar surface area (TPSA) is 47.6 Å². The van der Waals surface area contributed by atoms with Gasteiger partial charge >= 0.3 is 5.97 Å². The molecule has 3 heterocycles. The highest BCUT2D eigenvalue weighted by atomic mass is 16.6. The van der Waals surface area contributed by atoms with E-state index in [0.717, 1.165) is 39.0 Å². The number of hydrogen-bond acceptors (Lipinski definition) is 4. The smallest absolute Gasteiger partial charge is 0.311 e. The van der Waals surface area contributed by atoms with Crippen LogP contribution < -0.4 is 5.32 Å². The van der Waals surface area contributed by atoms with Gasteiger partial charge in [-0.05, 0) is 11.8 Å². The Kier molecular flexibility index (Phi) is 2.44. The monoisotopic (exact) mass is 225 g/mol. The first kappa shape index (κ1) is 10.5.